The molecule has 0 radical (unpaired) electrons. The van der Waals surface area contributed by atoms with Gasteiger partial charge in [0, 0.05) is 10.7 Å². The van der Waals surface area contributed by atoms with Gasteiger partial charge in [-0.15, -0.1) is 0 Å². The zero-order valence-corrected chi connectivity index (χ0v) is 12.3. The van der Waals surface area contributed by atoms with Crippen LogP contribution in [-0.2, 0) is 11.5 Å². The maximum atomic E-state index is 12.6. The molecule has 108 valence electrons. The summed E-state index contributed by atoms with van der Waals surface area (Å²) < 4.78 is 39.5. The molecular weight excluding hydrogens is 345 g/mol. The number of aromatic nitrogens is 2. The Morgan fingerprint density at radius 2 is 1.76 bits per heavy atom. The number of alkyl halides is 4. The molecule has 0 aliphatic carbocycles. The third-order valence-electron chi connectivity index (χ3n) is 3.26. The third kappa shape index (κ3) is 2.55. The van der Waals surface area contributed by atoms with E-state index in [1.165, 1.54) is 12.1 Å². The van der Waals surface area contributed by atoms with Gasteiger partial charge in [-0.1, -0.05) is 34.1 Å². The highest BCUT2D eigenvalue weighted by Gasteiger charge is 2.30. The summed E-state index contributed by atoms with van der Waals surface area (Å²) >= 11 is 3.42. The molecule has 3 rings (SSSR count). The van der Waals surface area contributed by atoms with Gasteiger partial charge >= 0.3 is 6.18 Å². The van der Waals surface area contributed by atoms with Crippen molar-refractivity contribution in [2.24, 2.45) is 0 Å². The predicted octanol–water partition coefficient (Wildman–Crippen LogP) is 4.94. The van der Waals surface area contributed by atoms with E-state index >= 15 is 0 Å². The van der Waals surface area contributed by atoms with Crippen molar-refractivity contribution in [3.05, 3.63) is 59.8 Å². The monoisotopic (exact) mass is 354 g/mol. The highest BCUT2D eigenvalue weighted by molar-refractivity contribution is 9.08. The first-order valence-electron chi connectivity index (χ1n) is 6.20. The van der Waals surface area contributed by atoms with Gasteiger partial charge in [-0.05, 0) is 29.8 Å². The molecule has 0 fully saturated rings. The number of hydrogen-bond donors (Lipinski definition) is 0. The summed E-state index contributed by atoms with van der Waals surface area (Å²) in [6.45, 7) is 0. The van der Waals surface area contributed by atoms with Gasteiger partial charge in [-0.25, -0.2) is 4.68 Å². The molecule has 0 N–H and O–H groups in total. The number of halogens is 4. The van der Waals surface area contributed by atoms with Gasteiger partial charge in [-0.2, -0.15) is 18.3 Å². The van der Waals surface area contributed by atoms with E-state index in [-0.39, 0.29) is 0 Å². The van der Waals surface area contributed by atoms with E-state index < -0.39 is 11.7 Å². The van der Waals surface area contributed by atoms with E-state index in [1.807, 2.05) is 18.2 Å². The lowest BCUT2D eigenvalue weighted by Crippen LogP contribution is -2.05. The Balaban J connectivity index is 2.13. The first-order valence-corrected chi connectivity index (χ1v) is 7.32. The Morgan fingerprint density at radius 3 is 2.38 bits per heavy atom. The average Bonchev–Trinajstić information content (AvgIpc) is 2.90. The van der Waals surface area contributed by atoms with Gasteiger partial charge in [-0.3, -0.25) is 0 Å². The van der Waals surface area contributed by atoms with Crippen LogP contribution in [0.4, 0.5) is 13.2 Å². The summed E-state index contributed by atoms with van der Waals surface area (Å²) in [5.41, 5.74) is 1.87. The highest BCUT2D eigenvalue weighted by Crippen LogP contribution is 2.30. The van der Waals surface area contributed by atoms with Crippen LogP contribution in [0.5, 0.6) is 0 Å². The molecule has 21 heavy (non-hydrogen) atoms. The number of nitrogens with zero attached hydrogens (tertiary/aromatic N) is 2. The van der Waals surface area contributed by atoms with Crippen molar-refractivity contribution in [1.29, 1.82) is 0 Å². The lowest BCUT2D eigenvalue weighted by molar-refractivity contribution is -0.137. The molecule has 2 nitrogen and oxygen atoms in total. The largest absolute Gasteiger partial charge is 0.416 e. The fourth-order valence-electron chi connectivity index (χ4n) is 2.25. The normalized spacial score (nSPS) is 12.0. The van der Waals surface area contributed by atoms with Crippen LogP contribution < -0.4 is 0 Å². The molecule has 1 heterocycles. The van der Waals surface area contributed by atoms with E-state index in [1.54, 1.807) is 10.9 Å². The SMILES string of the molecule is FC(F)(F)c1ccc(-n2ncc3cccc(CBr)c32)cc1. The van der Waals surface area contributed by atoms with Crippen LogP contribution in [0.2, 0.25) is 0 Å². The van der Waals surface area contributed by atoms with E-state index in [4.69, 9.17) is 0 Å². The van der Waals surface area contributed by atoms with Crippen LogP contribution >= 0.6 is 15.9 Å². The topological polar surface area (TPSA) is 17.8 Å². The summed E-state index contributed by atoms with van der Waals surface area (Å²) in [7, 11) is 0. The number of rotatable bonds is 2. The van der Waals surface area contributed by atoms with Gasteiger partial charge in [0.25, 0.3) is 0 Å². The average molecular weight is 355 g/mol. The van der Waals surface area contributed by atoms with Gasteiger partial charge in [0.15, 0.2) is 0 Å². The Morgan fingerprint density at radius 1 is 1.05 bits per heavy atom. The van der Waals surface area contributed by atoms with Gasteiger partial charge in [0.1, 0.15) is 0 Å². The maximum Gasteiger partial charge on any atom is 0.416 e. The quantitative estimate of drug-likeness (QED) is 0.596. The zero-order chi connectivity index (χ0) is 15.0. The fourth-order valence-corrected chi connectivity index (χ4v) is 2.70. The Labute approximate surface area is 127 Å². The van der Waals surface area contributed by atoms with E-state index in [0.717, 1.165) is 28.6 Å². The standard InChI is InChI=1S/C15H10BrF3N2/c16-8-10-2-1-3-11-9-20-21(14(10)11)13-6-4-12(5-7-13)15(17,18)19/h1-7,9H,8H2. The summed E-state index contributed by atoms with van der Waals surface area (Å²) in [6.07, 6.45) is -2.62. The molecule has 0 saturated carbocycles. The zero-order valence-electron chi connectivity index (χ0n) is 10.7. The van der Waals surface area contributed by atoms with Crippen molar-refractivity contribution in [2.45, 2.75) is 11.5 Å². The van der Waals surface area contributed by atoms with Crippen LogP contribution in [0.1, 0.15) is 11.1 Å². The van der Waals surface area contributed by atoms with E-state index in [2.05, 4.69) is 21.0 Å². The molecule has 0 bridgehead atoms. The molecule has 0 amide bonds. The maximum absolute atomic E-state index is 12.6. The molecule has 0 unspecified atom stereocenters. The molecule has 0 atom stereocenters. The van der Waals surface area contributed by atoms with Gasteiger partial charge < -0.3 is 0 Å². The predicted molar refractivity (Wildman–Crippen MR) is 78.7 cm³/mol. The second-order valence-electron chi connectivity index (χ2n) is 4.59. The van der Waals surface area contributed by atoms with Crippen molar-refractivity contribution >= 4 is 26.8 Å². The highest BCUT2D eigenvalue weighted by atomic mass is 79.9. The Kier molecular flexibility index (Phi) is 3.49. The van der Waals surface area contributed by atoms with Crippen molar-refractivity contribution < 1.29 is 13.2 Å². The van der Waals surface area contributed by atoms with Crippen LogP contribution in [0.15, 0.2) is 48.7 Å². The summed E-state index contributed by atoms with van der Waals surface area (Å²) in [5, 5.41) is 5.88. The molecule has 2 aromatic carbocycles. The van der Waals surface area contributed by atoms with Crippen LogP contribution in [-0.4, -0.2) is 9.78 Å². The van der Waals surface area contributed by atoms with Gasteiger partial charge in [0.05, 0.1) is 23.0 Å². The number of fused-ring (bicyclic) bond motifs is 1. The minimum atomic E-state index is -4.33. The molecule has 0 aliphatic rings. The van der Waals surface area contributed by atoms with Crippen LogP contribution in [0, 0.1) is 0 Å². The van der Waals surface area contributed by atoms with Crippen molar-refractivity contribution in [1.82, 2.24) is 9.78 Å². The van der Waals surface area contributed by atoms with E-state index in [9.17, 15) is 13.2 Å². The summed E-state index contributed by atoms with van der Waals surface area (Å²) in [4.78, 5) is 0. The molecular formula is C15H10BrF3N2. The van der Waals surface area contributed by atoms with Crippen molar-refractivity contribution in [3.63, 3.8) is 0 Å². The number of hydrogen-bond acceptors (Lipinski definition) is 1. The first-order chi connectivity index (χ1) is 10.0. The molecule has 1 aromatic heterocycles. The van der Waals surface area contributed by atoms with E-state index in [0.29, 0.717) is 11.0 Å². The summed E-state index contributed by atoms with van der Waals surface area (Å²) in [6, 6.07) is 10.8. The second kappa shape index (κ2) is 5.18. The lowest BCUT2D eigenvalue weighted by Gasteiger charge is -2.09. The molecule has 0 aliphatic heterocycles. The molecule has 6 heteroatoms. The van der Waals surface area contributed by atoms with Crippen molar-refractivity contribution in [2.75, 3.05) is 0 Å². The minimum Gasteiger partial charge on any atom is -0.233 e. The Bertz CT molecular complexity index is 776. The van der Waals surface area contributed by atoms with Crippen LogP contribution in [0.3, 0.4) is 0 Å². The van der Waals surface area contributed by atoms with Crippen LogP contribution in [0.25, 0.3) is 16.6 Å². The fraction of sp³-hybridized carbons (Fsp3) is 0.133. The third-order valence-corrected chi connectivity index (χ3v) is 3.86. The molecule has 0 spiro atoms. The minimum absolute atomic E-state index is 0.603. The molecule has 0 saturated heterocycles. The Hall–Kier alpha value is -1.82. The second-order valence-corrected chi connectivity index (χ2v) is 5.15. The van der Waals surface area contributed by atoms with Gasteiger partial charge in [0.2, 0.25) is 0 Å². The summed E-state index contributed by atoms with van der Waals surface area (Å²) in [5.74, 6) is 0. The number of benzene rings is 2. The number of para-hydroxylation sites is 1. The first kappa shape index (κ1) is 14.1. The smallest absolute Gasteiger partial charge is 0.233 e. The lowest BCUT2D eigenvalue weighted by atomic mass is 10.1. The molecule has 3 aromatic rings. The van der Waals surface area contributed by atoms with Crippen molar-refractivity contribution in [3.8, 4) is 5.69 Å².